The Kier molecular flexibility index (Phi) is 6.27. The normalized spacial score (nSPS) is 14.0. The van der Waals surface area contributed by atoms with E-state index in [1.54, 1.807) is 13.3 Å². The number of carbonyl (C=O) groups is 1. The Morgan fingerprint density at radius 1 is 1.20 bits per heavy atom. The second-order valence-electron chi connectivity index (χ2n) is 6.62. The zero-order chi connectivity index (χ0) is 20.9. The van der Waals surface area contributed by atoms with Crippen LogP contribution in [-0.2, 0) is 27.3 Å². The molecule has 0 unspecified atom stereocenters. The quantitative estimate of drug-likeness (QED) is 0.580. The Balaban J connectivity index is 1.63. The molecule has 8 heteroatoms. The third-order valence-electron chi connectivity index (χ3n) is 4.60. The van der Waals surface area contributed by atoms with Crippen LogP contribution in [0.2, 0.25) is 0 Å². The average molecular weight is 427 g/mol. The van der Waals surface area contributed by atoms with Crippen molar-refractivity contribution in [3.8, 4) is 21.9 Å². The lowest BCUT2D eigenvalue weighted by atomic mass is 10.0. The highest BCUT2D eigenvalue weighted by Crippen LogP contribution is 2.41. The molecule has 0 radical (unpaired) electrons. The van der Waals surface area contributed by atoms with E-state index in [2.05, 4.69) is 4.98 Å². The second-order valence-corrected chi connectivity index (χ2v) is 7.73. The standard InChI is InChI=1S/C22H21NO6S/c1-26-15-7-5-14(6-8-15)13-29-17-4-2-3-16(21(17)22-27-9-10-28-22)18-12-23-19(30-18)11-20(24)25/h2-8,12,22H,9-11,13H2,1H3,(H,24,25). The molecule has 0 aliphatic carbocycles. The summed E-state index contributed by atoms with van der Waals surface area (Å²) in [6.45, 7) is 1.38. The van der Waals surface area contributed by atoms with Crippen molar-refractivity contribution in [2.75, 3.05) is 20.3 Å². The van der Waals surface area contributed by atoms with E-state index in [9.17, 15) is 4.79 Å². The van der Waals surface area contributed by atoms with E-state index in [0.29, 0.717) is 30.6 Å². The summed E-state index contributed by atoms with van der Waals surface area (Å²) in [6, 6.07) is 13.4. The number of ether oxygens (including phenoxy) is 4. The average Bonchev–Trinajstić information content (AvgIpc) is 3.44. The number of carboxylic acid groups (broad SMARTS) is 1. The summed E-state index contributed by atoms with van der Waals surface area (Å²) in [5.41, 5.74) is 2.65. The van der Waals surface area contributed by atoms with Gasteiger partial charge >= 0.3 is 5.97 Å². The number of carboxylic acids is 1. The maximum atomic E-state index is 11.0. The lowest BCUT2D eigenvalue weighted by molar-refractivity contribution is -0.136. The van der Waals surface area contributed by atoms with Gasteiger partial charge in [0.25, 0.3) is 0 Å². The summed E-state index contributed by atoms with van der Waals surface area (Å²) < 4.78 is 22.9. The fourth-order valence-electron chi connectivity index (χ4n) is 3.18. The SMILES string of the molecule is COc1ccc(COc2cccc(-c3cnc(CC(=O)O)s3)c2C2OCCO2)cc1. The van der Waals surface area contributed by atoms with Crippen LogP contribution in [0, 0.1) is 0 Å². The summed E-state index contributed by atoms with van der Waals surface area (Å²) >= 11 is 1.34. The van der Waals surface area contributed by atoms with Crippen LogP contribution in [0.25, 0.3) is 10.4 Å². The first-order valence-electron chi connectivity index (χ1n) is 9.43. The predicted molar refractivity (Wildman–Crippen MR) is 111 cm³/mol. The molecular formula is C22H21NO6S. The van der Waals surface area contributed by atoms with Crippen LogP contribution in [0.1, 0.15) is 22.4 Å². The van der Waals surface area contributed by atoms with Crippen molar-refractivity contribution in [2.24, 2.45) is 0 Å². The number of hydrogen-bond donors (Lipinski definition) is 1. The zero-order valence-corrected chi connectivity index (χ0v) is 17.2. The van der Waals surface area contributed by atoms with Gasteiger partial charge in [0.2, 0.25) is 0 Å². The van der Waals surface area contributed by atoms with Gasteiger partial charge in [-0.15, -0.1) is 11.3 Å². The summed E-state index contributed by atoms with van der Waals surface area (Å²) in [5.74, 6) is 0.537. The number of aromatic nitrogens is 1. The second kappa shape index (κ2) is 9.25. The van der Waals surface area contributed by atoms with Gasteiger partial charge in [0.1, 0.15) is 23.1 Å². The molecule has 30 heavy (non-hydrogen) atoms. The molecule has 1 aliphatic heterocycles. The van der Waals surface area contributed by atoms with E-state index < -0.39 is 12.3 Å². The maximum Gasteiger partial charge on any atom is 0.310 e. The van der Waals surface area contributed by atoms with E-state index in [1.165, 1.54) is 11.3 Å². The van der Waals surface area contributed by atoms with Gasteiger partial charge in [0.15, 0.2) is 6.29 Å². The first kappa shape index (κ1) is 20.3. The Hall–Kier alpha value is -2.94. The van der Waals surface area contributed by atoms with E-state index in [4.69, 9.17) is 24.1 Å². The molecule has 2 heterocycles. The molecule has 156 valence electrons. The highest BCUT2D eigenvalue weighted by molar-refractivity contribution is 7.15. The van der Waals surface area contributed by atoms with Gasteiger partial charge in [-0.25, -0.2) is 4.98 Å². The fourth-order valence-corrected chi connectivity index (χ4v) is 4.13. The van der Waals surface area contributed by atoms with Crippen molar-refractivity contribution >= 4 is 17.3 Å². The third-order valence-corrected chi connectivity index (χ3v) is 5.63. The Morgan fingerprint density at radius 2 is 1.97 bits per heavy atom. The number of nitrogens with zero attached hydrogens (tertiary/aromatic N) is 1. The molecule has 1 fully saturated rings. The molecule has 0 saturated carbocycles. The molecule has 3 aromatic rings. The van der Waals surface area contributed by atoms with Crippen molar-refractivity contribution in [3.63, 3.8) is 0 Å². The lowest BCUT2D eigenvalue weighted by Gasteiger charge is -2.19. The minimum atomic E-state index is -0.907. The van der Waals surface area contributed by atoms with Crippen LogP contribution in [0.3, 0.4) is 0 Å². The number of thiazole rings is 1. The zero-order valence-electron chi connectivity index (χ0n) is 16.4. The van der Waals surface area contributed by atoms with Crippen LogP contribution < -0.4 is 9.47 Å². The number of methoxy groups -OCH3 is 1. The molecule has 1 saturated heterocycles. The molecule has 0 amide bonds. The van der Waals surface area contributed by atoms with Crippen molar-refractivity contribution in [1.82, 2.24) is 4.98 Å². The van der Waals surface area contributed by atoms with Crippen molar-refractivity contribution in [3.05, 3.63) is 64.8 Å². The fraction of sp³-hybridized carbons (Fsp3) is 0.273. The first-order chi connectivity index (χ1) is 14.6. The van der Waals surface area contributed by atoms with Crippen LogP contribution in [0.5, 0.6) is 11.5 Å². The molecule has 1 N–H and O–H groups in total. The largest absolute Gasteiger partial charge is 0.497 e. The monoisotopic (exact) mass is 427 g/mol. The lowest BCUT2D eigenvalue weighted by Crippen LogP contribution is -2.05. The Labute approximate surface area is 177 Å². The summed E-state index contributed by atoms with van der Waals surface area (Å²) in [5, 5.41) is 9.57. The van der Waals surface area contributed by atoms with Gasteiger partial charge in [0.05, 0.1) is 37.2 Å². The van der Waals surface area contributed by atoms with Gasteiger partial charge in [-0.05, 0) is 23.8 Å². The Bertz CT molecular complexity index is 1010. The topological polar surface area (TPSA) is 87.1 Å². The van der Waals surface area contributed by atoms with E-state index in [0.717, 1.165) is 27.3 Å². The minimum absolute atomic E-state index is 0.107. The van der Waals surface area contributed by atoms with E-state index >= 15 is 0 Å². The van der Waals surface area contributed by atoms with E-state index in [1.807, 2.05) is 42.5 Å². The van der Waals surface area contributed by atoms with Crippen molar-refractivity contribution in [1.29, 1.82) is 0 Å². The number of rotatable bonds is 8. The maximum absolute atomic E-state index is 11.0. The van der Waals surface area contributed by atoms with Crippen LogP contribution in [-0.4, -0.2) is 36.4 Å². The summed E-state index contributed by atoms with van der Waals surface area (Å²) in [4.78, 5) is 16.1. The number of aliphatic carboxylic acids is 1. The molecule has 0 atom stereocenters. The smallest absolute Gasteiger partial charge is 0.310 e. The molecule has 1 aromatic heterocycles. The summed E-state index contributed by atoms with van der Waals surface area (Å²) in [7, 11) is 1.63. The predicted octanol–water partition coefficient (Wildman–Crippen LogP) is 4.07. The molecule has 0 spiro atoms. The highest BCUT2D eigenvalue weighted by atomic mass is 32.1. The summed E-state index contributed by atoms with van der Waals surface area (Å²) in [6.07, 6.45) is 1.03. The van der Waals surface area contributed by atoms with Crippen molar-refractivity contribution < 1.29 is 28.8 Å². The third kappa shape index (κ3) is 4.62. The first-order valence-corrected chi connectivity index (χ1v) is 10.2. The van der Waals surface area contributed by atoms with Crippen LogP contribution in [0.15, 0.2) is 48.7 Å². The molecule has 4 rings (SSSR count). The van der Waals surface area contributed by atoms with Gasteiger partial charge in [-0.3, -0.25) is 4.79 Å². The molecule has 2 aromatic carbocycles. The van der Waals surface area contributed by atoms with Gasteiger partial charge in [0, 0.05) is 11.8 Å². The highest BCUT2D eigenvalue weighted by Gasteiger charge is 2.27. The molecular weight excluding hydrogens is 406 g/mol. The van der Waals surface area contributed by atoms with E-state index in [-0.39, 0.29) is 6.42 Å². The molecule has 7 nitrogen and oxygen atoms in total. The van der Waals surface area contributed by atoms with Gasteiger partial charge < -0.3 is 24.1 Å². The van der Waals surface area contributed by atoms with Gasteiger partial charge in [-0.2, -0.15) is 0 Å². The van der Waals surface area contributed by atoms with Crippen LogP contribution >= 0.6 is 11.3 Å². The molecule has 1 aliphatic rings. The number of hydrogen-bond acceptors (Lipinski definition) is 7. The van der Waals surface area contributed by atoms with Crippen LogP contribution in [0.4, 0.5) is 0 Å². The number of benzene rings is 2. The molecule has 0 bridgehead atoms. The van der Waals surface area contributed by atoms with Gasteiger partial charge in [-0.1, -0.05) is 24.3 Å². The van der Waals surface area contributed by atoms with Crippen molar-refractivity contribution in [2.45, 2.75) is 19.3 Å². The Morgan fingerprint density at radius 3 is 2.67 bits per heavy atom. The minimum Gasteiger partial charge on any atom is -0.497 e.